The lowest BCUT2D eigenvalue weighted by Crippen LogP contribution is -2.29. The van der Waals surface area contributed by atoms with Gasteiger partial charge in [0.15, 0.2) is 12.4 Å². The number of fused-ring (bicyclic) bond motifs is 3. The molecular formula is C19H19N5O5S. The lowest BCUT2D eigenvalue weighted by molar-refractivity contribution is -0.118. The first-order valence-electron chi connectivity index (χ1n) is 8.88. The maximum Gasteiger partial charge on any atom is 0.301 e. The van der Waals surface area contributed by atoms with Crippen molar-refractivity contribution < 1.29 is 22.7 Å². The van der Waals surface area contributed by atoms with Crippen LogP contribution in [0.4, 0.5) is 11.4 Å². The van der Waals surface area contributed by atoms with Crippen molar-refractivity contribution in [2.24, 2.45) is 0 Å². The fraction of sp³-hybridized carbons (Fsp3) is 0.211. The Balaban J connectivity index is 1.80. The van der Waals surface area contributed by atoms with Crippen molar-refractivity contribution >= 4 is 38.4 Å². The second-order valence-electron chi connectivity index (χ2n) is 6.74. The van der Waals surface area contributed by atoms with E-state index >= 15 is 0 Å². The number of ether oxygens (including phenoxy) is 2. The van der Waals surface area contributed by atoms with Gasteiger partial charge in [0.2, 0.25) is 5.88 Å². The summed E-state index contributed by atoms with van der Waals surface area (Å²) in [7, 11) is 0.512. The van der Waals surface area contributed by atoms with Gasteiger partial charge < -0.3 is 14.8 Å². The molecule has 3 heterocycles. The number of nitrogens with zero attached hydrogens (tertiary/aromatic N) is 3. The van der Waals surface area contributed by atoms with Gasteiger partial charge in [-0.3, -0.25) is 14.5 Å². The van der Waals surface area contributed by atoms with Crippen molar-refractivity contribution in [3.05, 3.63) is 36.7 Å². The molecule has 0 saturated heterocycles. The van der Waals surface area contributed by atoms with Gasteiger partial charge in [0.1, 0.15) is 11.4 Å². The Morgan fingerprint density at radius 1 is 1.17 bits per heavy atom. The van der Waals surface area contributed by atoms with Crippen LogP contribution in [-0.2, 0) is 15.0 Å². The fourth-order valence-electron chi connectivity index (χ4n) is 2.99. The molecule has 30 heavy (non-hydrogen) atoms. The molecule has 0 bridgehead atoms. The van der Waals surface area contributed by atoms with E-state index < -0.39 is 10.2 Å². The molecule has 156 valence electrons. The molecule has 4 rings (SSSR count). The molecule has 2 aromatic heterocycles. The lowest BCUT2D eigenvalue weighted by atomic mass is 10.0. The fourth-order valence-corrected chi connectivity index (χ4v) is 3.60. The number of carbonyl (C=O) groups excluding carboxylic acids is 1. The number of hydrogen-bond acceptors (Lipinski definition) is 7. The lowest BCUT2D eigenvalue weighted by Gasteiger charge is -2.19. The molecule has 0 radical (unpaired) electrons. The minimum atomic E-state index is -3.74. The predicted molar refractivity (Wildman–Crippen MR) is 112 cm³/mol. The van der Waals surface area contributed by atoms with Gasteiger partial charge in [-0.15, -0.1) is 0 Å². The van der Waals surface area contributed by atoms with Gasteiger partial charge in [0.25, 0.3) is 5.91 Å². The van der Waals surface area contributed by atoms with Gasteiger partial charge in [-0.1, -0.05) is 6.07 Å². The molecule has 1 aromatic carbocycles. The maximum atomic E-state index is 12.2. The first-order chi connectivity index (χ1) is 14.3. The monoisotopic (exact) mass is 429 g/mol. The Morgan fingerprint density at radius 2 is 1.97 bits per heavy atom. The third-order valence-corrected chi connectivity index (χ3v) is 5.98. The molecule has 0 unspecified atom stereocenters. The normalized spacial score (nSPS) is 13.5. The highest BCUT2D eigenvalue weighted by molar-refractivity contribution is 7.90. The summed E-state index contributed by atoms with van der Waals surface area (Å²) >= 11 is 0. The van der Waals surface area contributed by atoms with Crippen molar-refractivity contribution in [3.63, 3.8) is 0 Å². The number of nitrogens with one attached hydrogen (secondary N) is 2. The minimum Gasteiger partial charge on any atom is -0.481 e. The molecule has 3 aromatic rings. The van der Waals surface area contributed by atoms with Gasteiger partial charge in [-0.25, -0.2) is 4.98 Å². The topological polar surface area (TPSA) is 123 Å². The molecule has 1 amide bonds. The minimum absolute atomic E-state index is 0.0725. The van der Waals surface area contributed by atoms with Crippen LogP contribution < -0.4 is 19.5 Å². The van der Waals surface area contributed by atoms with Crippen molar-refractivity contribution in [1.29, 1.82) is 0 Å². The van der Waals surface area contributed by atoms with Crippen molar-refractivity contribution in [2.75, 3.05) is 37.9 Å². The standard InChI is InChI=1S/C19H19N5O5S/c1-24(2)30(26,27)23-15-7-12(8-21-19(15)28-3)11-4-5-14-13(6-11)18-16(9-20-14)22-17(25)10-29-18/h4-9,23H,10H2,1-3H3,(H,22,25). The van der Waals surface area contributed by atoms with Gasteiger partial charge >= 0.3 is 10.2 Å². The number of methoxy groups -OCH3 is 1. The number of pyridine rings is 2. The molecular weight excluding hydrogens is 410 g/mol. The first kappa shape index (κ1) is 19.9. The van der Waals surface area contributed by atoms with E-state index in [2.05, 4.69) is 20.0 Å². The Labute approximate surface area is 173 Å². The van der Waals surface area contributed by atoms with Crippen LogP contribution in [0.3, 0.4) is 0 Å². The maximum absolute atomic E-state index is 12.2. The molecule has 0 saturated carbocycles. The van der Waals surface area contributed by atoms with Gasteiger partial charge in [-0.05, 0) is 23.8 Å². The highest BCUT2D eigenvalue weighted by Crippen LogP contribution is 2.37. The second-order valence-corrected chi connectivity index (χ2v) is 8.62. The molecule has 11 heteroatoms. The zero-order valence-electron chi connectivity index (χ0n) is 16.5. The SMILES string of the molecule is COc1ncc(-c2ccc3ncc4c(c3c2)OCC(=O)N4)cc1NS(=O)(=O)N(C)C. The smallest absolute Gasteiger partial charge is 0.301 e. The summed E-state index contributed by atoms with van der Waals surface area (Å²) < 4.78 is 38.8. The highest BCUT2D eigenvalue weighted by Gasteiger charge is 2.21. The Kier molecular flexibility index (Phi) is 4.92. The summed E-state index contributed by atoms with van der Waals surface area (Å²) in [6.45, 7) is -0.0725. The van der Waals surface area contributed by atoms with Gasteiger partial charge in [0.05, 0.1) is 18.8 Å². The number of amides is 1. The van der Waals surface area contributed by atoms with E-state index in [1.165, 1.54) is 21.2 Å². The Hall–Kier alpha value is -3.44. The van der Waals surface area contributed by atoms with Gasteiger partial charge in [0, 0.05) is 31.2 Å². The quantitative estimate of drug-likeness (QED) is 0.635. The summed E-state index contributed by atoms with van der Waals surface area (Å²) in [5, 5.41) is 3.45. The molecule has 0 aliphatic carbocycles. The zero-order valence-corrected chi connectivity index (χ0v) is 17.3. The van der Waals surface area contributed by atoms with Crippen LogP contribution in [0.5, 0.6) is 11.6 Å². The molecule has 2 N–H and O–H groups in total. The largest absolute Gasteiger partial charge is 0.481 e. The van der Waals surface area contributed by atoms with Crippen molar-refractivity contribution in [2.45, 2.75) is 0 Å². The van der Waals surface area contributed by atoms with Crippen LogP contribution in [0.15, 0.2) is 36.7 Å². The first-order valence-corrected chi connectivity index (χ1v) is 10.3. The molecule has 1 aliphatic rings. The summed E-state index contributed by atoms with van der Waals surface area (Å²) in [6, 6.07) is 7.15. The number of aromatic nitrogens is 2. The van der Waals surface area contributed by atoms with Crippen LogP contribution in [0, 0.1) is 0 Å². The molecule has 0 atom stereocenters. The van der Waals surface area contributed by atoms with Crippen LogP contribution in [0.2, 0.25) is 0 Å². The van der Waals surface area contributed by atoms with Crippen LogP contribution in [-0.4, -0.2) is 56.4 Å². The number of hydrogen-bond donors (Lipinski definition) is 2. The summed E-state index contributed by atoms with van der Waals surface area (Å²) in [5.74, 6) is 0.448. The number of carbonyl (C=O) groups is 1. The summed E-state index contributed by atoms with van der Waals surface area (Å²) in [4.78, 5) is 20.1. The van der Waals surface area contributed by atoms with Crippen molar-refractivity contribution in [1.82, 2.24) is 14.3 Å². The zero-order chi connectivity index (χ0) is 21.5. The number of anilines is 2. The third kappa shape index (κ3) is 3.60. The van der Waals surface area contributed by atoms with E-state index in [1.54, 1.807) is 18.5 Å². The highest BCUT2D eigenvalue weighted by atomic mass is 32.2. The third-order valence-electron chi connectivity index (χ3n) is 4.54. The Bertz CT molecular complexity index is 1260. The van der Waals surface area contributed by atoms with Crippen molar-refractivity contribution in [3.8, 4) is 22.8 Å². The van der Waals surface area contributed by atoms with E-state index in [-0.39, 0.29) is 24.1 Å². The summed E-state index contributed by atoms with van der Waals surface area (Å²) in [6.07, 6.45) is 3.14. The van der Waals surface area contributed by atoms with E-state index in [0.29, 0.717) is 22.5 Å². The van der Waals surface area contributed by atoms with Gasteiger partial charge in [-0.2, -0.15) is 12.7 Å². The van der Waals surface area contributed by atoms with Crippen LogP contribution in [0.1, 0.15) is 0 Å². The average Bonchev–Trinajstić information content (AvgIpc) is 2.72. The predicted octanol–water partition coefficient (Wildman–Crippen LogP) is 1.85. The van der Waals surface area contributed by atoms with Crippen LogP contribution in [0.25, 0.3) is 22.0 Å². The molecule has 0 fully saturated rings. The summed E-state index contributed by atoms with van der Waals surface area (Å²) in [5.41, 5.74) is 2.83. The van der Waals surface area contributed by atoms with E-state index in [4.69, 9.17) is 9.47 Å². The van der Waals surface area contributed by atoms with E-state index in [1.807, 2.05) is 18.2 Å². The molecule has 10 nitrogen and oxygen atoms in total. The number of benzene rings is 1. The second kappa shape index (κ2) is 7.43. The van der Waals surface area contributed by atoms with Crippen LogP contribution >= 0.6 is 0 Å². The Morgan fingerprint density at radius 3 is 2.70 bits per heavy atom. The van der Waals surface area contributed by atoms with E-state index in [0.717, 1.165) is 15.3 Å². The van der Waals surface area contributed by atoms with E-state index in [9.17, 15) is 13.2 Å². The molecule has 1 aliphatic heterocycles. The molecule has 0 spiro atoms. The average molecular weight is 429 g/mol. The number of rotatable bonds is 5.